The van der Waals surface area contributed by atoms with Crippen molar-refractivity contribution in [3.8, 4) is 6.07 Å². The van der Waals surface area contributed by atoms with E-state index in [-0.39, 0.29) is 0 Å². The molecule has 102 valence electrons. The van der Waals surface area contributed by atoms with Crippen LogP contribution in [0.2, 0.25) is 0 Å². The first-order valence-electron chi connectivity index (χ1n) is 6.43. The van der Waals surface area contributed by atoms with E-state index in [1.54, 1.807) is 0 Å². The molecule has 0 aromatic heterocycles. The highest BCUT2D eigenvalue weighted by Crippen LogP contribution is 2.28. The van der Waals surface area contributed by atoms with Crippen LogP contribution in [0.25, 0.3) is 0 Å². The number of hydrogen-bond acceptors (Lipinski definition) is 3. The molecule has 0 radical (unpaired) electrons. The second-order valence-corrected chi connectivity index (χ2v) is 5.39. The number of halogens is 1. The Bertz CT molecular complexity index is 629. The minimum Gasteiger partial charge on any atom is -0.399 e. The Hall–Kier alpha value is -1.99. The fourth-order valence-corrected chi connectivity index (χ4v) is 2.67. The number of rotatable bonds is 4. The van der Waals surface area contributed by atoms with Gasteiger partial charge < -0.3 is 10.6 Å². The maximum absolute atomic E-state index is 8.91. The van der Waals surface area contributed by atoms with Crippen molar-refractivity contribution in [3.63, 3.8) is 0 Å². The first kappa shape index (κ1) is 14.4. The van der Waals surface area contributed by atoms with E-state index in [4.69, 9.17) is 11.0 Å². The van der Waals surface area contributed by atoms with Gasteiger partial charge >= 0.3 is 0 Å². The predicted molar refractivity (Wildman–Crippen MR) is 86.4 cm³/mol. The topological polar surface area (TPSA) is 53.0 Å². The molecule has 0 heterocycles. The SMILES string of the molecule is CCN(Cc1ccc(N)cc1)c1ccc(C#N)cc1Br. The van der Waals surface area contributed by atoms with Crippen molar-refractivity contribution < 1.29 is 0 Å². The summed E-state index contributed by atoms with van der Waals surface area (Å²) in [6.07, 6.45) is 0. The summed E-state index contributed by atoms with van der Waals surface area (Å²) in [7, 11) is 0. The second-order valence-electron chi connectivity index (χ2n) is 4.53. The van der Waals surface area contributed by atoms with Crippen LogP contribution < -0.4 is 10.6 Å². The number of nitrogen functional groups attached to an aromatic ring is 1. The van der Waals surface area contributed by atoms with Crippen LogP contribution in [-0.4, -0.2) is 6.54 Å². The number of nitrogens with two attached hydrogens (primary N) is 1. The minimum atomic E-state index is 0.657. The molecular formula is C16H16BrN3. The summed E-state index contributed by atoms with van der Waals surface area (Å²) in [6.45, 7) is 3.80. The van der Waals surface area contributed by atoms with Crippen molar-refractivity contribution in [2.24, 2.45) is 0 Å². The molecule has 0 aliphatic carbocycles. The molecular weight excluding hydrogens is 314 g/mol. The number of hydrogen-bond donors (Lipinski definition) is 1. The monoisotopic (exact) mass is 329 g/mol. The molecule has 20 heavy (non-hydrogen) atoms. The van der Waals surface area contributed by atoms with Gasteiger partial charge in [-0.15, -0.1) is 0 Å². The van der Waals surface area contributed by atoms with Crippen LogP contribution in [0.5, 0.6) is 0 Å². The van der Waals surface area contributed by atoms with Gasteiger partial charge in [-0.3, -0.25) is 0 Å². The highest BCUT2D eigenvalue weighted by atomic mass is 79.9. The molecule has 2 N–H and O–H groups in total. The van der Waals surface area contributed by atoms with Crippen molar-refractivity contribution in [2.45, 2.75) is 13.5 Å². The smallest absolute Gasteiger partial charge is 0.0992 e. The first-order chi connectivity index (χ1) is 9.63. The molecule has 3 nitrogen and oxygen atoms in total. The van der Waals surface area contributed by atoms with Crippen molar-refractivity contribution in [1.82, 2.24) is 0 Å². The van der Waals surface area contributed by atoms with Gasteiger partial charge in [-0.2, -0.15) is 5.26 Å². The Morgan fingerprint density at radius 3 is 2.45 bits per heavy atom. The Balaban J connectivity index is 2.24. The summed E-state index contributed by atoms with van der Waals surface area (Å²) < 4.78 is 0.939. The third-order valence-corrected chi connectivity index (χ3v) is 3.79. The minimum absolute atomic E-state index is 0.657. The molecule has 0 fully saturated rings. The lowest BCUT2D eigenvalue weighted by Gasteiger charge is -2.24. The quantitative estimate of drug-likeness (QED) is 0.864. The van der Waals surface area contributed by atoms with Crippen LogP contribution in [0, 0.1) is 11.3 Å². The summed E-state index contributed by atoms with van der Waals surface area (Å²) in [5.74, 6) is 0. The zero-order chi connectivity index (χ0) is 14.5. The zero-order valence-electron chi connectivity index (χ0n) is 11.3. The van der Waals surface area contributed by atoms with Crippen LogP contribution >= 0.6 is 15.9 Å². The van der Waals surface area contributed by atoms with Gasteiger partial charge in [0.2, 0.25) is 0 Å². The van der Waals surface area contributed by atoms with Gasteiger partial charge in [0.25, 0.3) is 0 Å². The fourth-order valence-electron chi connectivity index (χ4n) is 2.04. The average Bonchev–Trinajstić information content (AvgIpc) is 2.47. The van der Waals surface area contributed by atoms with E-state index in [0.29, 0.717) is 5.56 Å². The number of nitriles is 1. The van der Waals surface area contributed by atoms with Gasteiger partial charge in [0, 0.05) is 23.2 Å². The Labute approximate surface area is 127 Å². The van der Waals surface area contributed by atoms with Crippen LogP contribution in [-0.2, 0) is 6.54 Å². The van der Waals surface area contributed by atoms with E-state index < -0.39 is 0 Å². The van der Waals surface area contributed by atoms with Crippen molar-refractivity contribution >= 4 is 27.3 Å². The Morgan fingerprint density at radius 1 is 1.20 bits per heavy atom. The van der Waals surface area contributed by atoms with Crippen molar-refractivity contribution in [3.05, 3.63) is 58.1 Å². The molecule has 0 saturated heterocycles. The van der Waals surface area contributed by atoms with E-state index in [9.17, 15) is 0 Å². The van der Waals surface area contributed by atoms with Crippen molar-refractivity contribution in [1.29, 1.82) is 5.26 Å². The lowest BCUT2D eigenvalue weighted by atomic mass is 10.1. The summed E-state index contributed by atoms with van der Waals surface area (Å²) in [6, 6.07) is 15.7. The molecule has 0 aliphatic rings. The molecule has 0 spiro atoms. The fraction of sp³-hybridized carbons (Fsp3) is 0.188. The molecule has 2 aromatic carbocycles. The molecule has 0 atom stereocenters. The highest BCUT2D eigenvalue weighted by Gasteiger charge is 2.09. The standard InChI is InChI=1S/C16H16BrN3/c1-2-20(11-12-3-6-14(19)7-4-12)16-8-5-13(10-18)9-15(16)17/h3-9H,2,11,19H2,1H3. The first-order valence-corrected chi connectivity index (χ1v) is 7.22. The van der Waals surface area contributed by atoms with Gasteiger partial charge in [-0.1, -0.05) is 12.1 Å². The number of benzene rings is 2. The molecule has 0 aliphatic heterocycles. The summed E-state index contributed by atoms with van der Waals surface area (Å²) in [4.78, 5) is 2.25. The van der Waals surface area contributed by atoms with Crippen LogP contribution in [0.15, 0.2) is 46.9 Å². The number of anilines is 2. The van der Waals surface area contributed by atoms with Gasteiger partial charge in [0.15, 0.2) is 0 Å². The maximum atomic E-state index is 8.91. The third-order valence-electron chi connectivity index (χ3n) is 3.15. The summed E-state index contributed by atoms with van der Waals surface area (Å²) in [5, 5.41) is 8.91. The predicted octanol–water partition coefficient (Wildman–Crippen LogP) is 3.93. The largest absolute Gasteiger partial charge is 0.399 e. The third kappa shape index (κ3) is 3.31. The van der Waals surface area contributed by atoms with E-state index in [2.05, 4.69) is 33.8 Å². The van der Waals surface area contributed by atoms with E-state index in [1.807, 2.05) is 42.5 Å². The molecule has 4 heteroatoms. The zero-order valence-corrected chi connectivity index (χ0v) is 12.9. The van der Waals surface area contributed by atoms with Gasteiger partial charge in [-0.05, 0) is 58.7 Å². The van der Waals surface area contributed by atoms with Crippen LogP contribution in [0.4, 0.5) is 11.4 Å². The van der Waals surface area contributed by atoms with Crippen molar-refractivity contribution in [2.75, 3.05) is 17.2 Å². The van der Waals surface area contributed by atoms with Gasteiger partial charge in [0.05, 0.1) is 17.3 Å². The summed E-state index contributed by atoms with van der Waals surface area (Å²) in [5.41, 5.74) is 9.43. The maximum Gasteiger partial charge on any atom is 0.0992 e. The van der Waals surface area contributed by atoms with Crippen LogP contribution in [0.3, 0.4) is 0 Å². The number of nitrogens with zero attached hydrogens (tertiary/aromatic N) is 2. The van der Waals surface area contributed by atoms with E-state index >= 15 is 0 Å². The lowest BCUT2D eigenvalue weighted by Crippen LogP contribution is -2.22. The van der Waals surface area contributed by atoms with E-state index in [0.717, 1.165) is 28.9 Å². The molecule has 0 saturated carbocycles. The normalized spacial score (nSPS) is 10.1. The Kier molecular flexibility index (Phi) is 4.65. The van der Waals surface area contributed by atoms with Crippen LogP contribution in [0.1, 0.15) is 18.1 Å². The molecule has 2 aromatic rings. The Morgan fingerprint density at radius 2 is 1.90 bits per heavy atom. The van der Waals surface area contributed by atoms with E-state index in [1.165, 1.54) is 5.56 Å². The second kappa shape index (κ2) is 6.44. The molecule has 0 bridgehead atoms. The van der Waals surface area contributed by atoms with Gasteiger partial charge in [0.1, 0.15) is 0 Å². The lowest BCUT2D eigenvalue weighted by molar-refractivity contribution is 0.829. The highest BCUT2D eigenvalue weighted by molar-refractivity contribution is 9.10. The molecule has 0 unspecified atom stereocenters. The summed E-state index contributed by atoms with van der Waals surface area (Å²) >= 11 is 3.54. The molecule has 2 rings (SSSR count). The molecule has 0 amide bonds. The van der Waals surface area contributed by atoms with Gasteiger partial charge in [-0.25, -0.2) is 0 Å². The average molecular weight is 330 g/mol.